The Morgan fingerprint density at radius 1 is 0.800 bits per heavy atom. The number of rotatable bonds is 7. The zero-order chi connectivity index (χ0) is 18.7. The normalized spacial score (nSPS) is 13.1. The van der Waals surface area contributed by atoms with E-state index in [1.165, 1.54) is 24.3 Å². The molecule has 0 spiro atoms. The summed E-state index contributed by atoms with van der Waals surface area (Å²) >= 11 is 0. The van der Waals surface area contributed by atoms with Crippen LogP contribution in [-0.2, 0) is 33.2 Å². The lowest BCUT2D eigenvalue weighted by Crippen LogP contribution is -2.46. The summed E-state index contributed by atoms with van der Waals surface area (Å²) in [4.78, 5) is 0. The van der Waals surface area contributed by atoms with Crippen LogP contribution >= 0.6 is 0 Å². The number of benzene rings is 2. The van der Waals surface area contributed by atoms with E-state index in [1.807, 2.05) is 0 Å². The van der Waals surface area contributed by atoms with Crippen LogP contribution in [0.1, 0.15) is 11.1 Å². The first-order chi connectivity index (χ1) is 11.6. The average Bonchev–Trinajstić information content (AvgIpc) is 2.55. The Morgan fingerprint density at radius 3 is 1.48 bits per heavy atom. The van der Waals surface area contributed by atoms with Gasteiger partial charge in [0.2, 0.25) is 0 Å². The minimum atomic E-state index is -6.15. The zero-order valence-corrected chi connectivity index (χ0v) is 14.4. The van der Waals surface area contributed by atoms with E-state index in [9.17, 15) is 25.6 Å². The summed E-state index contributed by atoms with van der Waals surface area (Å²) in [6, 6.07) is 15.7. The molecule has 2 aromatic carbocycles. The van der Waals surface area contributed by atoms with Crippen molar-refractivity contribution < 1.29 is 30.2 Å². The molecule has 10 heteroatoms. The molecule has 0 aliphatic carbocycles. The van der Waals surface area contributed by atoms with E-state index in [2.05, 4.69) is 0 Å². The van der Waals surface area contributed by atoms with Gasteiger partial charge in [0, 0.05) is 13.1 Å². The first-order valence-corrected chi connectivity index (χ1v) is 9.86. The Kier molecular flexibility index (Phi) is 5.57. The van der Waals surface area contributed by atoms with Crippen molar-refractivity contribution in [1.82, 2.24) is 4.31 Å². The van der Waals surface area contributed by atoms with Crippen molar-refractivity contribution in [1.29, 1.82) is 0 Å². The maximum Gasteiger partial charge on any atom is 0.484 e. The van der Waals surface area contributed by atoms with Gasteiger partial charge in [-0.2, -0.15) is 21.5 Å². The first-order valence-electron chi connectivity index (χ1n) is 6.98. The molecule has 0 saturated heterocycles. The van der Waals surface area contributed by atoms with Gasteiger partial charge in [0.05, 0.1) is 0 Å². The van der Waals surface area contributed by atoms with Crippen molar-refractivity contribution >= 4 is 20.1 Å². The summed E-state index contributed by atoms with van der Waals surface area (Å²) in [7, 11) is -11.8. The van der Waals surface area contributed by atoms with Crippen molar-refractivity contribution in [3.05, 3.63) is 71.8 Å². The fourth-order valence-corrected chi connectivity index (χ4v) is 4.40. The number of sulfonamides is 1. The third kappa shape index (κ3) is 4.21. The summed E-state index contributed by atoms with van der Waals surface area (Å²) in [5.74, 6) is 0. The Balaban J connectivity index is 2.46. The van der Waals surface area contributed by atoms with Crippen molar-refractivity contribution in [3.8, 4) is 0 Å². The lowest BCUT2D eigenvalue weighted by atomic mass is 10.2. The Bertz CT molecular complexity index is 875. The van der Waals surface area contributed by atoms with Gasteiger partial charge < -0.3 is 0 Å². The molecule has 0 aromatic heterocycles. The highest BCUT2D eigenvalue weighted by Gasteiger charge is 2.60. The van der Waals surface area contributed by atoms with Gasteiger partial charge >= 0.3 is 14.7 Å². The molecule has 0 heterocycles. The molecule has 0 aliphatic heterocycles. The average molecular weight is 391 g/mol. The van der Waals surface area contributed by atoms with Crippen LogP contribution < -0.4 is 0 Å². The molecular formula is C15H15F2NO5S2. The van der Waals surface area contributed by atoms with E-state index in [0.29, 0.717) is 15.4 Å². The largest absolute Gasteiger partial charge is 0.484 e. The molecule has 2 rings (SSSR count). The number of alkyl halides is 2. The molecule has 0 unspecified atom stereocenters. The summed E-state index contributed by atoms with van der Waals surface area (Å²) in [6.45, 7) is -0.966. The monoisotopic (exact) mass is 391 g/mol. The molecule has 6 nitrogen and oxygen atoms in total. The van der Waals surface area contributed by atoms with Crippen LogP contribution in [-0.4, -0.2) is 30.3 Å². The highest BCUT2D eigenvalue weighted by Crippen LogP contribution is 2.32. The van der Waals surface area contributed by atoms with E-state index < -0.39 is 37.8 Å². The van der Waals surface area contributed by atoms with Crippen molar-refractivity contribution in [2.24, 2.45) is 0 Å². The summed E-state index contributed by atoms with van der Waals surface area (Å²) in [5.41, 5.74) is 0.765. The molecule has 0 atom stereocenters. The van der Waals surface area contributed by atoms with E-state index in [0.717, 1.165) is 0 Å². The molecule has 0 amide bonds. The highest BCUT2D eigenvalue weighted by atomic mass is 32.3. The first kappa shape index (κ1) is 19.4. The van der Waals surface area contributed by atoms with E-state index in [-0.39, 0.29) is 0 Å². The Labute approximate surface area is 144 Å². The third-order valence-electron chi connectivity index (χ3n) is 3.34. The molecule has 25 heavy (non-hydrogen) atoms. The summed E-state index contributed by atoms with van der Waals surface area (Å²) in [6.07, 6.45) is 0. The van der Waals surface area contributed by atoms with Gasteiger partial charge in [0.25, 0.3) is 10.0 Å². The number of hydrogen-bond donors (Lipinski definition) is 1. The van der Waals surface area contributed by atoms with Crippen LogP contribution in [0.5, 0.6) is 0 Å². The molecule has 0 saturated carbocycles. The molecular weight excluding hydrogens is 376 g/mol. The second kappa shape index (κ2) is 7.16. The fraction of sp³-hybridized carbons (Fsp3) is 0.200. The zero-order valence-electron chi connectivity index (χ0n) is 12.8. The predicted octanol–water partition coefficient (Wildman–Crippen LogP) is 2.46. The van der Waals surface area contributed by atoms with Crippen molar-refractivity contribution in [2.45, 2.75) is 17.7 Å². The van der Waals surface area contributed by atoms with Crippen LogP contribution in [0.3, 0.4) is 0 Å². The molecule has 0 bridgehead atoms. The predicted molar refractivity (Wildman–Crippen MR) is 87.5 cm³/mol. The molecule has 0 fully saturated rings. The van der Waals surface area contributed by atoms with Gasteiger partial charge in [-0.25, -0.2) is 8.42 Å². The second-order valence-corrected chi connectivity index (χ2v) is 8.88. The summed E-state index contributed by atoms with van der Waals surface area (Å²) in [5, 5.41) is 0. The molecule has 1 N–H and O–H groups in total. The minimum absolute atomic E-state index is 0.325. The summed E-state index contributed by atoms with van der Waals surface area (Å²) < 4.78 is 77.7. The smallest absolute Gasteiger partial charge is 0.280 e. The van der Waals surface area contributed by atoms with Crippen LogP contribution in [0.2, 0.25) is 0 Å². The van der Waals surface area contributed by atoms with Gasteiger partial charge in [-0.1, -0.05) is 60.7 Å². The number of hydrogen-bond acceptors (Lipinski definition) is 4. The number of nitrogens with zero attached hydrogens (tertiary/aromatic N) is 1. The lowest BCUT2D eigenvalue weighted by Gasteiger charge is -2.25. The molecule has 2 aromatic rings. The van der Waals surface area contributed by atoms with Crippen LogP contribution in [0.15, 0.2) is 60.7 Å². The second-order valence-electron chi connectivity index (χ2n) is 5.18. The molecule has 0 aliphatic rings. The number of halogens is 2. The van der Waals surface area contributed by atoms with E-state index >= 15 is 0 Å². The van der Waals surface area contributed by atoms with Crippen molar-refractivity contribution in [2.75, 3.05) is 0 Å². The topological polar surface area (TPSA) is 91.7 Å². The minimum Gasteiger partial charge on any atom is -0.280 e. The van der Waals surface area contributed by atoms with Gasteiger partial charge in [-0.3, -0.25) is 4.55 Å². The highest BCUT2D eigenvalue weighted by molar-refractivity contribution is 8.06. The maximum absolute atomic E-state index is 13.9. The standard InChI is InChI=1S/C15H15F2NO5S2/c16-15(17,25(21,22)23)24(19,20)18(11-13-7-3-1-4-8-13)12-14-9-5-2-6-10-14/h1-10H,11-12H2,(H,21,22,23). The Hall–Kier alpha value is -1.88. The van der Waals surface area contributed by atoms with Crippen LogP contribution in [0.4, 0.5) is 8.78 Å². The van der Waals surface area contributed by atoms with Crippen LogP contribution in [0, 0.1) is 0 Å². The van der Waals surface area contributed by atoms with E-state index in [4.69, 9.17) is 4.55 Å². The SMILES string of the molecule is O=S(=O)(O)C(F)(F)S(=O)(=O)N(Cc1ccccc1)Cc1ccccc1. The van der Waals surface area contributed by atoms with Crippen molar-refractivity contribution in [3.63, 3.8) is 0 Å². The lowest BCUT2D eigenvalue weighted by molar-refractivity contribution is 0.154. The van der Waals surface area contributed by atoms with E-state index in [1.54, 1.807) is 36.4 Å². The fourth-order valence-electron chi connectivity index (χ4n) is 2.08. The van der Waals surface area contributed by atoms with Gasteiger partial charge in [-0.05, 0) is 11.1 Å². The maximum atomic E-state index is 13.9. The quantitative estimate of drug-likeness (QED) is 0.732. The third-order valence-corrected chi connectivity index (χ3v) is 6.75. The van der Waals surface area contributed by atoms with Gasteiger partial charge in [0.15, 0.2) is 0 Å². The molecule has 0 radical (unpaired) electrons. The van der Waals surface area contributed by atoms with Crippen LogP contribution in [0.25, 0.3) is 0 Å². The van der Waals surface area contributed by atoms with Gasteiger partial charge in [-0.15, -0.1) is 0 Å². The van der Waals surface area contributed by atoms with Gasteiger partial charge in [0.1, 0.15) is 0 Å². The Morgan fingerprint density at radius 2 is 1.16 bits per heavy atom. The molecule has 136 valence electrons.